The maximum atomic E-state index is 12.4. The lowest BCUT2D eigenvalue weighted by atomic mass is 10.1. The Morgan fingerprint density at radius 1 is 1.16 bits per heavy atom. The maximum Gasteiger partial charge on any atom is 0.341 e. The highest BCUT2D eigenvalue weighted by molar-refractivity contribution is 5.94. The van der Waals surface area contributed by atoms with Gasteiger partial charge in [-0.1, -0.05) is 12.1 Å². The van der Waals surface area contributed by atoms with Crippen molar-refractivity contribution in [2.24, 2.45) is 0 Å². The Bertz CT molecular complexity index is 785. The van der Waals surface area contributed by atoms with Crippen molar-refractivity contribution in [1.29, 1.82) is 0 Å². The van der Waals surface area contributed by atoms with Crippen molar-refractivity contribution >= 4 is 11.9 Å². The first kappa shape index (κ1) is 16.8. The van der Waals surface area contributed by atoms with Crippen molar-refractivity contribution in [2.75, 3.05) is 13.7 Å². The molecule has 0 heterocycles. The predicted octanol–water partition coefficient (Wildman–Crippen LogP) is 2.06. The number of ether oxygens (including phenoxy) is 2. The molecule has 2 aromatic rings. The molecule has 0 fully saturated rings. The monoisotopic (exact) mass is 341 g/mol. The number of hydrogen-bond donors (Lipinski definition) is 2. The van der Waals surface area contributed by atoms with Gasteiger partial charge in [0, 0.05) is 11.6 Å². The van der Waals surface area contributed by atoms with Crippen LogP contribution in [0.2, 0.25) is 0 Å². The third-order valence-corrected chi connectivity index (χ3v) is 4.18. The molecule has 2 N–H and O–H groups in total. The van der Waals surface area contributed by atoms with Crippen LogP contribution in [0.5, 0.6) is 11.5 Å². The third-order valence-electron chi connectivity index (χ3n) is 4.18. The Morgan fingerprint density at radius 3 is 2.60 bits per heavy atom. The minimum atomic E-state index is -1.04. The van der Waals surface area contributed by atoms with E-state index < -0.39 is 12.6 Å². The second-order valence-corrected chi connectivity index (χ2v) is 5.88. The first-order valence-corrected chi connectivity index (χ1v) is 7.97. The van der Waals surface area contributed by atoms with Crippen molar-refractivity contribution in [1.82, 2.24) is 5.32 Å². The lowest BCUT2D eigenvalue weighted by Gasteiger charge is -2.12. The van der Waals surface area contributed by atoms with E-state index in [1.165, 1.54) is 5.56 Å². The number of aliphatic carboxylic acids is 1. The zero-order valence-corrected chi connectivity index (χ0v) is 13.8. The zero-order chi connectivity index (χ0) is 17.8. The van der Waals surface area contributed by atoms with Crippen molar-refractivity contribution in [3.05, 3.63) is 59.2 Å². The van der Waals surface area contributed by atoms with E-state index in [-0.39, 0.29) is 11.9 Å². The van der Waals surface area contributed by atoms with E-state index in [9.17, 15) is 9.59 Å². The molecular weight excluding hydrogens is 322 g/mol. The van der Waals surface area contributed by atoms with E-state index in [0.29, 0.717) is 11.3 Å². The first-order chi connectivity index (χ1) is 12.1. The van der Waals surface area contributed by atoms with Crippen LogP contribution in [0.15, 0.2) is 42.5 Å². The molecule has 0 spiro atoms. The van der Waals surface area contributed by atoms with Gasteiger partial charge in [-0.3, -0.25) is 4.79 Å². The highest BCUT2D eigenvalue weighted by atomic mass is 16.5. The molecule has 1 amide bonds. The summed E-state index contributed by atoms with van der Waals surface area (Å²) in [6.07, 6.45) is 1.52. The second-order valence-electron chi connectivity index (χ2n) is 5.88. The number of rotatable bonds is 6. The highest BCUT2D eigenvalue weighted by Gasteiger charge is 2.25. The van der Waals surface area contributed by atoms with Gasteiger partial charge in [-0.2, -0.15) is 0 Å². The Morgan fingerprint density at radius 2 is 1.92 bits per heavy atom. The lowest BCUT2D eigenvalue weighted by Crippen LogP contribution is -2.35. The maximum absolute atomic E-state index is 12.4. The number of nitrogens with one attached hydrogen (secondary N) is 1. The molecule has 25 heavy (non-hydrogen) atoms. The summed E-state index contributed by atoms with van der Waals surface area (Å²) in [4.78, 5) is 22.9. The van der Waals surface area contributed by atoms with Gasteiger partial charge in [0.1, 0.15) is 11.5 Å². The van der Waals surface area contributed by atoms with Crippen molar-refractivity contribution in [3.63, 3.8) is 0 Å². The minimum absolute atomic E-state index is 0.0294. The van der Waals surface area contributed by atoms with Crippen LogP contribution in [0.4, 0.5) is 0 Å². The molecule has 0 bridgehead atoms. The van der Waals surface area contributed by atoms with Crippen LogP contribution in [0.25, 0.3) is 0 Å². The van der Waals surface area contributed by atoms with Crippen molar-refractivity contribution < 1.29 is 24.2 Å². The Balaban J connectivity index is 1.61. The molecule has 6 heteroatoms. The molecule has 0 radical (unpaired) electrons. The Hall–Kier alpha value is -3.02. The molecule has 3 rings (SSSR count). The number of fused-ring (bicyclic) bond motifs is 1. The van der Waals surface area contributed by atoms with Gasteiger partial charge in [0.05, 0.1) is 7.11 Å². The summed E-state index contributed by atoms with van der Waals surface area (Å²) in [7, 11) is 1.65. The van der Waals surface area contributed by atoms with E-state index in [0.717, 1.165) is 24.2 Å². The fourth-order valence-corrected chi connectivity index (χ4v) is 3.03. The SMILES string of the molecule is COc1cccc2c1CC(NC(=O)c1ccc(OCC(=O)O)cc1)C2. The molecule has 1 unspecified atom stereocenters. The number of carbonyl (C=O) groups is 2. The van der Waals surface area contributed by atoms with Gasteiger partial charge in [-0.15, -0.1) is 0 Å². The van der Waals surface area contributed by atoms with Crippen LogP contribution in [0.3, 0.4) is 0 Å². The normalized spacial score (nSPS) is 15.3. The average Bonchev–Trinajstić information content (AvgIpc) is 3.02. The summed E-state index contributed by atoms with van der Waals surface area (Å²) in [5, 5.41) is 11.6. The van der Waals surface area contributed by atoms with Crippen molar-refractivity contribution in [3.8, 4) is 11.5 Å². The summed E-state index contributed by atoms with van der Waals surface area (Å²) in [5.74, 6) is 0.0609. The standard InChI is InChI=1S/C19H19NO5/c1-24-17-4-2-3-13-9-14(10-16(13)17)20-19(23)12-5-7-15(8-6-12)25-11-18(21)22/h2-8,14H,9-11H2,1H3,(H,20,23)(H,21,22). The molecule has 0 saturated heterocycles. The number of hydrogen-bond acceptors (Lipinski definition) is 4. The van der Waals surface area contributed by atoms with Crippen LogP contribution in [0.1, 0.15) is 21.5 Å². The second kappa shape index (κ2) is 7.25. The van der Waals surface area contributed by atoms with Crippen molar-refractivity contribution in [2.45, 2.75) is 18.9 Å². The van der Waals surface area contributed by atoms with Gasteiger partial charge >= 0.3 is 5.97 Å². The van der Waals surface area contributed by atoms with Gasteiger partial charge in [-0.25, -0.2) is 4.79 Å². The average molecular weight is 341 g/mol. The number of carbonyl (C=O) groups excluding carboxylic acids is 1. The van der Waals surface area contributed by atoms with Crippen LogP contribution in [-0.2, 0) is 17.6 Å². The summed E-state index contributed by atoms with van der Waals surface area (Å²) in [6.45, 7) is -0.409. The highest BCUT2D eigenvalue weighted by Crippen LogP contribution is 2.30. The molecular formula is C19H19NO5. The minimum Gasteiger partial charge on any atom is -0.496 e. The molecule has 1 aliphatic carbocycles. The van der Waals surface area contributed by atoms with Crippen LogP contribution >= 0.6 is 0 Å². The molecule has 6 nitrogen and oxygen atoms in total. The zero-order valence-electron chi connectivity index (χ0n) is 13.8. The molecule has 130 valence electrons. The van der Waals surface area contributed by atoms with E-state index >= 15 is 0 Å². The summed E-state index contributed by atoms with van der Waals surface area (Å²) in [5.41, 5.74) is 2.85. The van der Waals surface area contributed by atoms with E-state index in [1.54, 1.807) is 31.4 Å². The van der Waals surface area contributed by atoms with Gasteiger partial charge in [0.15, 0.2) is 6.61 Å². The smallest absolute Gasteiger partial charge is 0.341 e. The number of benzene rings is 2. The van der Waals surface area contributed by atoms with E-state index in [1.807, 2.05) is 12.1 Å². The third kappa shape index (κ3) is 3.91. The Kier molecular flexibility index (Phi) is 4.88. The van der Waals surface area contributed by atoms with Gasteiger partial charge in [0.2, 0.25) is 0 Å². The topological polar surface area (TPSA) is 84.9 Å². The molecule has 0 aliphatic heterocycles. The van der Waals surface area contributed by atoms with E-state index in [4.69, 9.17) is 14.6 Å². The Labute approximate surface area is 145 Å². The fraction of sp³-hybridized carbons (Fsp3) is 0.263. The number of amides is 1. The first-order valence-electron chi connectivity index (χ1n) is 7.97. The number of methoxy groups -OCH3 is 1. The summed E-state index contributed by atoms with van der Waals surface area (Å²) in [6, 6.07) is 12.4. The number of carboxylic acid groups (broad SMARTS) is 1. The fourth-order valence-electron chi connectivity index (χ4n) is 3.03. The predicted molar refractivity (Wildman–Crippen MR) is 91.2 cm³/mol. The molecule has 0 saturated carbocycles. The molecule has 1 aliphatic rings. The van der Waals surface area contributed by atoms with Crippen LogP contribution < -0.4 is 14.8 Å². The van der Waals surface area contributed by atoms with Crippen LogP contribution in [-0.4, -0.2) is 36.7 Å². The largest absolute Gasteiger partial charge is 0.496 e. The summed E-state index contributed by atoms with van der Waals surface area (Å²) < 4.78 is 10.4. The van der Waals surface area contributed by atoms with Gasteiger partial charge < -0.3 is 19.9 Å². The number of carboxylic acids is 1. The van der Waals surface area contributed by atoms with Gasteiger partial charge in [-0.05, 0) is 54.3 Å². The summed E-state index contributed by atoms with van der Waals surface area (Å²) >= 11 is 0. The molecule has 1 atom stereocenters. The quantitative estimate of drug-likeness (QED) is 0.840. The molecule has 2 aromatic carbocycles. The molecule has 0 aromatic heterocycles. The van der Waals surface area contributed by atoms with Gasteiger partial charge in [0.25, 0.3) is 5.91 Å². The van der Waals surface area contributed by atoms with Crippen LogP contribution in [0, 0.1) is 0 Å². The lowest BCUT2D eigenvalue weighted by molar-refractivity contribution is -0.139. The van der Waals surface area contributed by atoms with E-state index in [2.05, 4.69) is 11.4 Å².